The molecule has 0 radical (unpaired) electrons. The van der Waals surface area contributed by atoms with Gasteiger partial charge in [-0.3, -0.25) is 4.79 Å². The first-order valence-electron chi connectivity index (χ1n) is 10.9. The van der Waals surface area contributed by atoms with Crippen molar-refractivity contribution in [2.45, 2.75) is 69.7 Å². The molecule has 1 aliphatic heterocycles. The van der Waals surface area contributed by atoms with E-state index in [1.165, 1.54) is 23.6 Å². The van der Waals surface area contributed by atoms with Crippen molar-refractivity contribution in [3.63, 3.8) is 0 Å². The highest BCUT2D eigenvalue weighted by molar-refractivity contribution is 7.89. The molecule has 29 heavy (non-hydrogen) atoms. The van der Waals surface area contributed by atoms with E-state index in [1.54, 1.807) is 18.2 Å². The van der Waals surface area contributed by atoms with Crippen LogP contribution in [0.15, 0.2) is 35.7 Å². The van der Waals surface area contributed by atoms with Gasteiger partial charge in [-0.2, -0.15) is 4.31 Å². The maximum absolute atomic E-state index is 13.5. The van der Waals surface area contributed by atoms with Gasteiger partial charge in [0.2, 0.25) is 15.9 Å². The average molecular weight is 419 g/mol. The van der Waals surface area contributed by atoms with E-state index in [0.29, 0.717) is 30.9 Å². The molecule has 1 heterocycles. The Bertz CT molecular complexity index is 841. The van der Waals surface area contributed by atoms with Gasteiger partial charge in [0.05, 0.1) is 4.90 Å². The molecule has 1 atom stereocenters. The number of rotatable bonds is 6. The van der Waals surface area contributed by atoms with Crippen molar-refractivity contribution in [1.29, 1.82) is 0 Å². The number of amides is 1. The Labute approximate surface area is 175 Å². The van der Waals surface area contributed by atoms with Crippen molar-refractivity contribution >= 4 is 21.5 Å². The molecule has 1 aliphatic carbocycles. The highest BCUT2D eigenvalue weighted by Gasteiger charge is 2.39. The summed E-state index contributed by atoms with van der Waals surface area (Å²) in [6.07, 6.45) is 7.03. The second-order valence-corrected chi connectivity index (χ2v) is 10.7. The van der Waals surface area contributed by atoms with Gasteiger partial charge < -0.3 is 5.32 Å². The molecule has 0 saturated heterocycles. The van der Waals surface area contributed by atoms with Gasteiger partial charge in [0.25, 0.3) is 0 Å². The van der Waals surface area contributed by atoms with Crippen LogP contribution in [0.1, 0.15) is 64.4 Å². The number of carbonyl (C=O) groups is 1. The van der Waals surface area contributed by atoms with Gasteiger partial charge >= 0.3 is 0 Å². The van der Waals surface area contributed by atoms with Gasteiger partial charge in [0, 0.05) is 13.1 Å². The fourth-order valence-corrected chi connectivity index (χ4v) is 6.33. The third kappa shape index (κ3) is 5.10. The molecule has 5 nitrogen and oxygen atoms in total. The Morgan fingerprint density at radius 1 is 1.21 bits per heavy atom. The molecule has 1 fully saturated rings. The smallest absolute Gasteiger partial charge is 0.244 e. The van der Waals surface area contributed by atoms with Gasteiger partial charge in [-0.1, -0.05) is 57.9 Å². The average Bonchev–Trinajstić information content (AvgIpc) is 2.80. The summed E-state index contributed by atoms with van der Waals surface area (Å²) in [5.41, 5.74) is 1.47. The van der Waals surface area contributed by atoms with Crippen LogP contribution >= 0.6 is 0 Å². The summed E-state index contributed by atoms with van der Waals surface area (Å²) in [6, 6.07) is 6.30. The van der Waals surface area contributed by atoms with Crippen LogP contribution in [0.4, 0.5) is 0 Å². The van der Waals surface area contributed by atoms with Gasteiger partial charge in [0.1, 0.15) is 6.04 Å². The predicted molar refractivity (Wildman–Crippen MR) is 117 cm³/mol. The Morgan fingerprint density at radius 2 is 1.90 bits per heavy atom. The minimum absolute atomic E-state index is 0.169. The van der Waals surface area contributed by atoms with Crippen molar-refractivity contribution < 1.29 is 13.2 Å². The Balaban J connectivity index is 1.85. The summed E-state index contributed by atoms with van der Waals surface area (Å²) in [4.78, 5) is 13.4. The molecule has 3 rings (SSSR count). The number of hydrogen-bond acceptors (Lipinski definition) is 3. The van der Waals surface area contributed by atoms with E-state index in [2.05, 4.69) is 11.9 Å². The van der Waals surface area contributed by atoms with E-state index in [-0.39, 0.29) is 23.3 Å². The molecule has 0 spiro atoms. The van der Waals surface area contributed by atoms with Crippen LogP contribution < -0.4 is 5.32 Å². The molecule has 6 heteroatoms. The predicted octanol–water partition coefficient (Wildman–Crippen LogP) is 4.21. The van der Waals surface area contributed by atoms with E-state index in [1.807, 2.05) is 19.9 Å². The summed E-state index contributed by atoms with van der Waals surface area (Å²) in [7, 11) is -3.77. The lowest BCUT2D eigenvalue weighted by atomic mass is 9.89. The number of carbonyl (C=O) groups excluding carboxylic acids is 1. The molecule has 160 valence electrons. The maximum Gasteiger partial charge on any atom is 0.244 e. The number of benzene rings is 1. The van der Waals surface area contributed by atoms with E-state index in [4.69, 9.17) is 0 Å². The number of sulfonamides is 1. The first-order chi connectivity index (χ1) is 13.8. The molecule has 1 amide bonds. The fourth-order valence-electron chi connectivity index (χ4n) is 4.49. The van der Waals surface area contributed by atoms with E-state index >= 15 is 0 Å². The molecular formula is C23H34N2O3S. The quantitative estimate of drug-likeness (QED) is 0.753. The zero-order valence-corrected chi connectivity index (χ0v) is 18.5. The summed E-state index contributed by atoms with van der Waals surface area (Å²) in [5.74, 6) is 0.545. The zero-order valence-electron chi connectivity index (χ0n) is 17.7. The lowest BCUT2D eigenvalue weighted by molar-refractivity contribution is -0.125. The molecule has 2 aliphatic rings. The van der Waals surface area contributed by atoms with Crippen LogP contribution in [0.3, 0.4) is 0 Å². The van der Waals surface area contributed by atoms with Gasteiger partial charge in [0.15, 0.2) is 0 Å². The summed E-state index contributed by atoms with van der Waals surface area (Å²) in [6.45, 7) is 9.06. The third-order valence-electron chi connectivity index (χ3n) is 6.12. The van der Waals surface area contributed by atoms with Crippen LogP contribution in [0.2, 0.25) is 0 Å². The Kier molecular flexibility index (Phi) is 7.17. The van der Waals surface area contributed by atoms with Gasteiger partial charge in [-0.05, 0) is 54.7 Å². The summed E-state index contributed by atoms with van der Waals surface area (Å²) in [5, 5.41) is 3.08. The minimum atomic E-state index is -3.77. The minimum Gasteiger partial charge on any atom is -0.354 e. The van der Waals surface area contributed by atoms with Crippen molar-refractivity contribution in [1.82, 2.24) is 9.62 Å². The SMILES string of the molecule is C=C1CCN([C@H](CC(C)C)C(=O)NCC2CCCCC2)S(=O)(=O)c2ccccc21. The van der Waals surface area contributed by atoms with Crippen LogP contribution in [0, 0.1) is 11.8 Å². The monoisotopic (exact) mass is 418 g/mol. The summed E-state index contributed by atoms with van der Waals surface area (Å²) >= 11 is 0. The number of fused-ring (bicyclic) bond motifs is 1. The molecule has 0 aromatic heterocycles. The standard InChI is InChI=1S/C23H34N2O3S/c1-17(2)15-21(23(26)24-16-19-9-5-4-6-10-19)25-14-13-18(3)20-11-7-8-12-22(20)29(25,27)28/h7-8,11-12,17,19,21H,3-6,9-10,13-16H2,1-2H3,(H,24,26)/t21-/m1/s1. The lowest BCUT2D eigenvalue weighted by Crippen LogP contribution is -2.51. The van der Waals surface area contributed by atoms with E-state index < -0.39 is 16.1 Å². The van der Waals surface area contributed by atoms with Gasteiger partial charge in [-0.25, -0.2) is 8.42 Å². The second-order valence-electron chi connectivity index (χ2n) is 8.86. The highest BCUT2D eigenvalue weighted by Crippen LogP contribution is 2.33. The third-order valence-corrected chi connectivity index (χ3v) is 8.09. The molecule has 0 bridgehead atoms. The van der Waals surface area contributed by atoms with Crippen LogP contribution in [0.5, 0.6) is 0 Å². The van der Waals surface area contributed by atoms with E-state index in [0.717, 1.165) is 18.4 Å². The topological polar surface area (TPSA) is 66.5 Å². The molecular weight excluding hydrogens is 384 g/mol. The van der Waals surface area contributed by atoms with E-state index in [9.17, 15) is 13.2 Å². The largest absolute Gasteiger partial charge is 0.354 e. The van der Waals surface area contributed by atoms with Crippen molar-refractivity contribution in [3.8, 4) is 0 Å². The van der Waals surface area contributed by atoms with Crippen LogP contribution in [-0.2, 0) is 14.8 Å². The number of hydrogen-bond donors (Lipinski definition) is 1. The first kappa shape index (κ1) is 22.0. The molecule has 1 aromatic rings. The van der Waals surface area contributed by atoms with Crippen LogP contribution in [0.25, 0.3) is 5.57 Å². The second kappa shape index (κ2) is 9.43. The number of nitrogens with zero attached hydrogens (tertiary/aromatic N) is 1. The number of nitrogens with one attached hydrogen (secondary N) is 1. The van der Waals surface area contributed by atoms with Crippen molar-refractivity contribution in [2.24, 2.45) is 11.8 Å². The highest BCUT2D eigenvalue weighted by atomic mass is 32.2. The normalized spacial score (nSPS) is 21.4. The molecule has 1 saturated carbocycles. The Hall–Kier alpha value is -1.66. The molecule has 1 N–H and O–H groups in total. The van der Waals surface area contributed by atoms with Crippen molar-refractivity contribution in [3.05, 3.63) is 36.4 Å². The molecule has 0 unspecified atom stereocenters. The molecule has 1 aromatic carbocycles. The summed E-state index contributed by atoms with van der Waals surface area (Å²) < 4.78 is 28.4. The first-order valence-corrected chi connectivity index (χ1v) is 12.3. The lowest BCUT2D eigenvalue weighted by Gasteiger charge is -2.31. The fraction of sp³-hybridized carbons (Fsp3) is 0.609. The van der Waals surface area contributed by atoms with Crippen molar-refractivity contribution in [2.75, 3.05) is 13.1 Å². The Morgan fingerprint density at radius 3 is 2.59 bits per heavy atom. The maximum atomic E-state index is 13.5. The zero-order chi connectivity index (χ0) is 21.0. The van der Waals surface area contributed by atoms with Crippen LogP contribution in [-0.4, -0.2) is 37.8 Å². The van der Waals surface area contributed by atoms with Gasteiger partial charge in [-0.15, -0.1) is 0 Å².